The van der Waals surface area contributed by atoms with Crippen LogP contribution >= 0.6 is 0 Å². The van der Waals surface area contributed by atoms with Crippen LogP contribution in [0.5, 0.6) is 5.75 Å². The van der Waals surface area contributed by atoms with Gasteiger partial charge in [0.25, 0.3) is 0 Å². The zero-order valence-electron chi connectivity index (χ0n) is 17.3. The number of amides is 2. The lowest BCUT2D eigenvalue weighted by Crippen LogP contribution is -2.49. The molecule has 1 atom stereocenters. The minimum absolute atomic E-state index is 0.105. The molecule has 29 heavy (non-hydrogen) atoms. The van der Waals surface area contributed by atoms with Gasteiger partial charge in [0.15, 0.2) is 0 Å². The fourth-order valence-electron chi connectivity index (χ4n) is 3.09. The number of carbonyl (C=O) groups excluding carboxylic acids is 2. The summed E-state index contributed by atoms with van der Waals surface area (Å²) in [5.74, 6) is 0.0496. The van der Waals surface area contributed by atoms with E-state index in [4.69, 9.17) is 4.74 Å². The van der Waals surface area contributed by atoms with Crippen molar-refractivity contribution < 1.29 is 18.7 Å². The number of rotatable bonds is 10. The summed E-state index contributed by atoms with van der Waals surface area (Å²) in [5.41, 5.74) is 1.61. The summed E-state index contributed by atoms with van der Waals surface area (Å²) >= 11 is 0. The van der Waals surface area contributed by atoms with E-state index in [9.17, 15) is 14.0 Å². The van der Waals surface area contributed by atoms with Gasteiger partial charge < -0.3 is 15.0 Å². The van der Waals surface area contributed by atoms with E-state index in [-0.39, 0.29) is 24.1 Å². The number of ether oxygens (including phenoxy) is 1. The number of carbonyl (C=O) groups is 2. The largest absolute Gasteiger partial charge is 0.497 e. The molecule has 0 heterocycles. The summed E-state index contributed by atoms with van der Waals surface area (Å²) in [6.07, 6.45) is 1.43. The summed E-state index contributed by atoms with van der Waals surface area (Å²) < 4.78 is 18.4. The van der Waals surface area contributed by atoms with Gasteiger partial charge in [-0.15, -0.1) is 0 Å². The molecule has 6 heteroatoms. The van der Waals surface area contributed by atoms with Crippen molar-refractivity contribution in [1.29, 1.82) is 0 Å². The van der Waals surface area contributed by atoms with Gasteiger partial charge >= 0.3 is 0 Å². The van der Waals surface area contributed by atoms with Crippen LogP contribution in [0, 0.1) is 5.82 Å². The highest BCUT2D eigenvalue weighted by molar-refractivity contribution is 5.88. The van der Waals surface area contributed by atoms with Crippen molar-refractivity contribution >= 4 is 11.8 Å². The zero-order chi connectivity index (χ0) is 21.2. The van der Waals surface area contributed by atoms with Gasteiger partial charge in [0, 0.05) is 13.1 Å². The number of benzene rings is 2. The van der Waals surface area contributed by atoms with Crippen LogP contribution in [0.2, 0.25) is 0 Å². The Kier molecular flexibility index (Phi) is 8.65. The maximum absolute atomic E-state index is 13.2. The van der Waals surface area contributed by atoms with E-state index in [1.165, 1.54) is 12.1 Å². The molecule has 2 rings (SSSR count). The normalized spacial score (nSPS) is 11.6. The predicted molar refractivity (Wildman–Crippen MR) is 111 cm³/mol. The number of hydrogen-bond donors (Lipinski definition) is 1. The van der Waals surface area contributed by atoms with Crippen LogP contribution in [0.4, 0.5) is 4.39 Å². The Labute approximate surface area is 171 Å². The molecule has 5 nitrogen and oxygen atoms in total. The summed E-state index contributed by atoms with van der Waals surface area (Å²) in [6, 6.07) is 12.7. The quantitative estimate of drug-likeness (QED) is 0.661. The Hall–Kier alpha value is -2.89. The molecule has 0 aromatic heterocycles. The number of nitrogens with one attached hydrogen (secondary N) is 1. The molecule has 0 fully saturated rings. The van der Waals surface area contributed by atoms with E-state index < -0.39 is 6.04 Å². The summed E-state index contributed by atoms with van der Waals surface area (Å²) in [7, 11) is 1.60. The Morgan fingerprint density at radius 1 is 1.03 bits per heavy atom. The highest BCUT2D eigenvalue weighted by Gasteiger charge is 2.28. The molecule has 2 aromatic rings. The predicted octanol–water partition coefficient (Wildman–Crippen LogP) is 3.71. The van der Waals surface area contributed by atoms with Gasteiger partial charge in [0.05, 0.1) is 13.5 Å². The molecular weight excluding hydrogens is 371 g/mol. The second-order valence-electron chi connectivity index (χ2n) is 6.89. The van der Waals surface area contributed by atoms with Crippen molar-refractivity contribution in [2.45, 2.75) is 45.7 Å². The number of halogens is 1. The minimum atomic E-state index is -0.573. The maximum Gasteiger partial charge on any atom is 0.242 e. The van der Waals surface area contributed by atoms with Crippen LogP contribution in [0.1, 0.15) is 37.8 Å². The minimum Gasteiger partial charge on any atom is -0.497 e. The Bertz CT molecular complexity index is 791. The fourth-order valence-corrected chi connectivity index (χ4v) is 3.09. The molecule has 0 saturated carbocycles. The molecule has 0 aliphatic rings. The van der Waals surface area contributed by atoms with Crippen molar-refractivity contribution in [2.75, 3.05) is 13.7 Å². The standard InChI is InChI=1S/C23H29FN2O3/c1-4-14-25-23(28)21(5-2)26(16-18-8-12-20(29-3)13-9-18)22(27)15-17-6-10-19(24)11-7-17/h6-13,21H,4-5,14-16H2,1-3H3,(H,25,28)/t21-/m0/s1. The molecule has 0 bridgehead atoms. The van der Waals surface area contributed by atoms with Crippen LogP contribution in [0.15, 0.2) is 48.5 Å². The Balaban J connectivity index is 2.24. The summed E-state index contributed by atoms with van der Waals surface area (Å²) in [6.45, 7) is 4.75. The van der Waals surface area contributed by atoms with Crippen molar-refractivity contribution in [3.8, 4) is 5.75 Å². The van der Waals surface area contributed by atoms with Gasteiger partial charge in [-0.1, -0.05) is 38.1 Å². The second-order valence-corrected chi connectivity index (χ2v) is 6.89. The zero-order valence-corrected chi connectivity index (χ0v) is 17.3. The molecule has 0 unspecified atom stereocenters. The van der Waals surface area contributed by atoms with Gasteiger partial charge in [-0.3, -0.25) is 9.59 Å². The lowest BCUT2D eigenvalue weighted by Gasteiger charge is -2.31. The third-order valence-electron chi connectivity index (χ3n) is 4.72. The highest BCUT2D eigenvalue weighted by Crippen LogP contribution is 2.17. The van der Waals surface area contributed by atoms with Gasteiger partial charge in [0.2, 0.25) is 11.8 Å². The number of nitrogens with zero attached hydrogens (tertiary/aromatic N) is 1. The first-order valence-corrected chi connectivity index (χ1v) is 9.93. The van der Waals surface area contributed by atoms with E-state index in [1.807, 2.05) is 38.1 Å². The van der Waals surface area contributed by atoms with E-state index in [0.717, 1.165) is 17.7 Å². The van der Waals surface area contributed by atoms with E-state index in [0.29, 0.717) is 25.1 Å². The summed E-state index contributed by atoms with van der Waals surface area (Å²) in [5, 5.41) is 2.89. The molecule has 2 amide bonds. The Morgan fingerprint density at radius 3 is 2.21 bits per heavy atom. The Morgan fingerprint density at radius 2 is 1.66 bits per heavy atom. The summed E-state index contributed by atoms with van der Waals surface area (Å²) in [4.78, 5) is 27.4. The third kappa shape index (κ3) is 6.59. The van der Waals surface area contributed by atoms with Gasteiger partial charge in [0.1, 0.15) is 17.6 Å². The van der Waals surface area contributed by atoms with Crippen molar-refractivity contribution in [3.05, 3.63) is 65.5 Å². The molecular formula is C23H29FN2O3. The van der Waals surface area contributed by atoms with Crippen LogP contribution in [-0.4, -0.2) is 36.4 Å². The van der Waals surface area contributed by atoms with Gasteiger partial charge in [-0.2, -0.15) is 0 Å². The molecule has 0 radical (unpaired) electrons. The lowest BCUT2D eigenvalue weighted by molar-refractivity contribution is -0.140. The SMILES string of the molecule is CCCNC(=O)[C@H](CC)N(Cc1ccc(OC)cc1)C(=O)Cc1ccc(F)cc1. The molecule has 0 aliphatic carbocycles. The first kappa shape index (κ1) is 22.4. The molecule has 1 N–H and O–H groups in total. The number of hydrogen-bond acceptors (Lipinski definition) is 3. The fraction of sp³-hybridized carbons (Fsp3) is 0.391. The first-order chi connectivity index (χ1) is 14.0. The average molecular weight is 400 g/mol. The van der Waals surface area contributed by atoms with Gasteiger partial charge in [-0.25, -0.2) is 4.39 Å². The molecule has 0 spiro atoms. The van der Waals surface area contributed by atoms with E-state index in [2.05, 4.69) is 5.32 Å². The highest BCUT2D eigenvalue weighted by atomic mass is 19.1. The van der Waals surface area contributed by atoms with Crippen LogP contribution < -0.4 is 10.1 Å². The van der Waals surface area contributed by atoms with Crippen LogP contribution in [-0.2, 0) is 22.6 Å². The molecule has 156 valence electrons. The molecule has 2 aromatic carbocycles. The van der Waals surface area contributed by atoms with Crippen LogP contribution in [0.3, 0.4) is 0 Å². The first-order valence-electron chi connectivity index (χ1n) is 9.93. The van der Waals surface area contributed by atoms with E-state index in [1.54, 1.807) is 24.1 Å². The van der Waals surface area contributed by atoms with Crippen LogP contribution in [0.25, 0.3) is 0 Å². The monoisotopic (exact) mass is 400 g/mol. The number of methoxy groups -OCH3 is 1. The van der Waals surface area contributed by atoms with Crippen molar-refractivity contribution in [3.63, 3.8) is 0 Å². The van der Waals surface area contributed by atoms with Gasteiger partial charge in [-0.05, 0) is 48.2 Å². The third-order valence-corrected chi connectivity index (χ3v) is 4.72. The van der Waals surface area contributed by atoms with Crippen molar-refractivity contribution in [1.82, 2.24) is 10.2 Å². The molecule has 0 aliphatic heterocycles. The molecule has 0 saturated heterocycles. The average Bonchev–Trinajstić information content (AvgIpc) is 2.74. The topological polar surface area (TPSA) is 58.6 Å². The van der Waals surface area contributed by atoms with E-state index >= 15 is 0 Å². The lowest BCUT2D eigenvalue weighted by atomic mass is 10.1. The second kappa shape index (κ2) is 11.2. The smallest absolute Gasteiger partial charge is 0.242 e. The van der Waals surface area contributed by atoms with Crippen molar-refractivity contribution in [2.24, 2.45) is 0 Å². The maximum atomic E-state index is 13.2.